The third-order valence-corrected chi connectivity index (χ3v) is 4.03. The van der Waals surface area contributed by atoms with E-state index in [-0.39, 0.29) is 11.5 Å². The quantitative estimate of drug-likeness (QED) is 0.546. The van der Waals surface area contributed by atoms with Crippen molar-refractivity contribution >= 4 is 51.0 Å². The molecule has 0 radical (unpaired) electrons. The van der Waals surface area contributed by atoms with Crippen LogP contribution in [-0.2, 0) is 11.0 Å². The highest BCUT2D eigenvalue weighted by Gasteiger charge is 2.44. The molecule has 3 amide bonds. The SMILES string of the molecule is O=C1/C(=N/SCl)N(c2ccccc2)C(=O)N1c1ccc(C(F)(F)F)cc1. The molecule has 0 aromatic heterocycles. The average molecular weight is 400 g/mol. The molecule has 134 valence electrons. The van der Waals surface area contributed by atoms with Gasteiger partial charge in [-0.2, -0.15) is 17.6 Å². The Morgan fingerprint density at radius 1 is 0.885 bits per heavy atom. The highest BCUT2D eigenvalue weighted by atomic mass is 35.7. The lowest BCUT2D eigenvalue weighted by Crippen LogP contribution is -2.33. The molecule has 26 heavy (non-hydrogen) atoms. The van der Waals surface area contributed by atoms with E-state index >= 15 is 0 Å². The first kappa shape index (κ1) is 18.3. The van der Waals surface area contributed by atoms with Crippen LogP contribution in [0.15, 0.2) is 59.0 Å². The molecule has 1 heterocycles. The fourth-order valence-corrected chi connectivity index (χ4v) is 2.84. The lowest BCUT2D eigenvalue weighted by molar-refractivity contribution is -0.137. The molecule has 0 N–H and O–H groups in total. The minimum absolute atomic E-state index is 0.00120. The third-order valence-electron chi connectivity index (χ3n) is 3.58. The number of amidine groups is 1. The molecule has 0 atom stereocenters. The van der Waals surface area contributed by atoms with Crippen LogP contribution >= 0.6 is 21.8 Å². The normalized spacial score (nSPS) is 16.7. The summed E-state index contributed by atoms with van der Waals surface area (Å²) in [5.41, 5.74) is -0.506. The number of benzene rings is 2. The number of amides is 3. The van der Waals surface area contributed by atoms with Crippen LogP contribution in [0, 0.1) is 0 Å². The van der Waals surface area contributed by atoms with Gasteiger partial charge >= 0.3 is 18.1 Å². The molecular formula is C16H9ClF3N3O2S. The number of alkyl halides is 3. The van der Waals surface area contributed by atoms with Gasteiger partial charge in [-0.15, -0.1) is 0 Å². The van der Waals surface area contributed by atoms with Gasteiger partial charge in [0.1, 0.15) is 0 Å². The maximum atomic E-state index is 12.8. The van der Waals surface area contributed by atoms with Crippen molar-refractivity contribution < 1.29 is 22.8 Å². The van der Waals surface area contributed by atoms with Crippen LogP contribution in [0.3, 0.4) is 0 Å². The van der Waals surface area contributed by atoms with E-state index in [2.05, 4.69) is 4.40 Å². The Morgan fingerprint density at radius 2 is 1.46 bits per heavy atom. The van der Waals surface area contributed by atoms with Crippen molar-refractivity contribution in [1.82, 2.24) is 0 Å². The number of urea groups is 1. The first-order valence-electron chi connectivity index (χ1n) is 7.11. The number of para-hydroxylation sites is 1. The number of rotatable bonds is 3. The van der Waals surface area contributed by atoms with E-state index in [1.165, 1.54) is 0 Å². The van der Waals surface area contributed by atoms with Crippen molar-refractivity contribution in [3.8, 4) is 0 Å². The Balaban J connectivity index is 2.02. The average Bonchev–Trinajstić information content (AvgIpc) is 2.86. The Morgan fingerprint density at radius 3 is 2.00 bits per heavy atom. The van der Waals surface area contributed by atoms with Gasteiger partial charge in [0, 0.05) is 0 Å². The predicted octanol–water partition coefficient (Wildman–Crippen LogP) is 4.88. The summed E-state index contributed by atoms with van der Waals surface area (Å²) in [5.74, 6) is -1.02. The number of carbonyl (C=O) groups excluding carboxylic acids is 2. The van der Waals surface area contributed by atoms with Crippen LogP contribution in [0.5, 0.6) is 0 Å². The molecule has 1 aliphatic rings. The maximum Gasteiger partial charge on any atom is 0.416 e. The molecule has 0 unspecified atom stereocenters. The van der Waals surface area contributed by atoms with Crippen molar-refractivity contribution in [1.29, 1.82) is 0 Å². The number of anilines is 2. The summed E-state index contributed by atoms with van der Waals surface area (Å²) in [7, 11) is 5.51. The van der Waals surface area contributed by atoms with Crippen LogP contribution in [0.2, 0.25) is 0 Å². The van der Waals surface area contributed by atoms with Crippen molar-refractivity contribution in [2.75, 3.05) is 9.80 Å². The molecule has 2 aromatic rings. The highest BCUT2D eigenvalue weighted by Crippen LogP contribution is 2.33. The van der Waals surface area contributed by atoms with E-state index in [1.54, 1.807) is 30.3 Å². The van der Waals surface area contributed by atoms with Crippen LogP contribution in [-0.4, -0.2) is 17.8 Å². The zero-order valence-electron chi connectivity index (χ0n) is 12.8. The number of halogens is 4. The molecule has 0 saturated carbocycles. The molecule has 2 aromatic carbocycles. The molecule has 1 aliphatic heterocycles. The number of carbonyl (C=O) groups is 2. The highest BCUT2D eigenvalue weighted by molar-refractivity contribution is 8.20. The van der Waals surface area contributed by atoms with Crippen molar-refractivity contribution in [3.63, 3.8) is 0 Å². The van der Waals surface area contributed by atoms with Gasteiger partial charge < -0.3 is 0 Å². The largest absolute Gasteiger partial charge is 0.416 e. The molecule has 0 aliphatic carbocycles. The number of hydrogen-bond acceptors (Lipinski definition) is 4. The number of hydrogen-bond donors (Lipinski definition) is 0. The molecule has 10 heteroatoms. The van der Waals surface area contributed by atoms with Crippen molar-refractivity contribution in [2.24, 2.45) is 4.40 Å². The van der Waals surface area contributed by atoms with E-state index in [9.17, 15) is 22.8 Å². The van der Waals surface area contributed by atoms with Crippen LogP contribution in [0.4, 0.5) is 29.3 Å². The summed E-state index contributed by atoms with van der Waals surface area (Å²) in [6.07, 6.45) is -4.52. The number of nitrogens with zero attached hydrogens (tertiary/aromatic N) is 3. The first-order chi connectivity index (χ1) is 12.3. The Labute approximate surface area is 154 Å². The van der Waals surface area contributed by atoms with Crippen LogP contribution in [0.1, 0.15) is 5.56 Å². The summed E-state index contributed by atoms with van der Waals surface area (Å²) >= 11 is 0.476. The molecule has 0 spiro atoms. The minimum Gasteiger partial charge on any atom is -0.264 e. The lowest BCUT2D eigenvalue weighted by atomic mass is 10.2. The van der Waals surface area contributed by atoms with Gasteiger partial charge in [0.2, 0.25) is 5.84 Å². The Kier molecular flexibility index (Phi) is 4.92. The topological polar surface area (TPSA) is 53.0 Å². The van der Waals surface area contributed by atoms with E-state index in [1.807, 2.05) is 0 Å². The Bertz CT molecular complexity index is 873. The predicted molar refractivity (Wildman–Crippen MR) is 94.1 cm³/mol. The summed E-state index contributed by atoms with van der Waals surface area (Å²) < 4.78 is 41.9. The van der Waals surface area contributed by atoms with Gasteiger partial charge in [0.25, 0.3) is 0 Å². The fraction of sp³-hybridized carbons (Fsp3) is 0.0625. The first-order valence-corrected chi connectivity index (χ1v) is 8.71. The second-order valence-corrected chi connectivity index (χ2v) is 5.86. The van der Waals surface area contributed by atoms with E-state index in [4.69, 9.17) is 10.7 Å². The van der Waals surface area contributed by atoms with Gasteiger partial charge in [-0.3, -0.25) is 4.79 Å². The second-order valence-electron chi connectivity index (χ2n) is 5.12. The van der Waals surface area contributed by atoms with E-state index in [0.717, 1.165) is 34.1 Å². The summed E-state index contributed by atoms with van der Waals surface area (Å²) in [4.78, 5) is 27.2. The van der Waals surface area contributed by atoms with Gasteiger partial charge in [-0.25, -0.2) is 14.6 Å². The summed E-state index contributed by atoms with van der Waals surface area (Å²) in [6.45, 7) is 0. The Hall–Kier alpha value is -2.52. The van der Waals surface area contributed by atoms with E-state index < -0.39 is 23.7 Å². The zero-order valence-corrected chi connectivity index (χ0v) is 14.3. The molecule has 1 fully saturated rings. The van der Waals surface area contributed by atoms with Crippen molar-refractivity contribution in [2.45, 2.75) is 6.18 Å². The zero-order chi connectivity index (χ0) is 18.9. The van der Waals surface area contributed by atoms with Gasteiger partial charge in [0.15, 0.2) is 0 Å². The summed E-state index contributed by atoms with van der Waals surface area (Å²) in [5, 5.41) is 0. The second kappa shape index (κ2) is 7.00. The standard InChI is InChI=1S/C16H9ClF3N3O2S/c17-26-21-13-14(24)23(12-8-6-10(7-9-12)16(18,19)20)15(25)22(13)11-4-2-1-3-5-11/h1-9H/b21-13-. The fourth-order valence-electron chi connectivity index (χ4n) is 2.42. The molecule has 5 nitrogen and oxygen atoms in total. The van der Waals surface area contributed by atoms with Gasteiger partial charge in [-0.05, 0) is 47.1 Å². The minimum atomic E-state index is -4.52. The molecular weight excluding hydrogens is 391 g/mol. The van der Waals surface area contributed by atoms with Crippen LogP contribution < -0.4 is 9.80 Å². The van der Waals surface area contributed by atoms with Crippen LogP contribution in [0.25, 0.3) is 0 Å². The summed E-state index contributed by atoms with van der Waals surface area (Å²) in [6, 6.07) is 11.2. The lowest BCUT2D eigenvalue weighted by Gasteiger charge is -2.17. The van der Waals surface area contributed by atoms with Gasteiger partial charge in [0.05, 0.1) is 28.1 Å². The monoisotopic (exact) mass is 399 g/mol. The number of imide groups is 1. The molecule has 0 bridgehead atoms. The third kappa shape index (κ3) is 3.27. The van der Waals surface area contributed by atoms with Gasteiger partial charge in [-0.1, -0.05) is 18.2 Å². The van der Waals surface area contributed by atoms with Crippen molar-refractivity contribution in [3.05, 3.63) is 60.2 Å². The van der Waals surface area contributed by atoms with E-state index in [0.29, 0.717) is 16.8 Å². The maximum absolute atomic E-state index is 12.8. The smallest absolute Gasteiger partial charge is 0.264 e. The molecule has 1 saturated heterocycles. The molecule has 3 rings (SSSR count).